The van der Waals surface area contributed by atoms with E-state index in [9.17, 15) is 14.4 Å². The highest BCUT2D eigenvalue weighted by Gasteiger charge is 2.34. The lowest BCUT2D eigenvalue weighted by molar-refractivity contribution is -0.136. The van der Waals surface area contributed by atoms with E-state index in [1.807, 2.05) is 0 Å². The van der Waals surface area contributed by atoms with Crippen LogP contribution in [0.1, 0.15) is 39.5 Å². The number of hydrogen-bond donors (Lipinski definition) is 0. The molecule has 0 radical (unpaired) electrons. The van der Waals surface area contributed by atoms with Crippen molar-refractivity contribution in [2.75, 3.05) is 21.3 Å². The smallest absolute Gasteiger partial charge is 0.359 e. The summed E-state index contributed by atoms with van der Waals surface area (Å²) in [5.74, 6) is -1.94. The van der Waals surface area contributed by atoms with Gasteiger partial charge in [-0.1, -0.05) is 0 Å². The Morgan fingerprint density at radius 2 is 1.68 bits per heavy atom. The van der Waals surface area contributed by atoms with E-state index in [0.29, 0.717) is 11.3 Å². The second kappa shape index (κ2) is 6.00. The van der Waals surface area contributed by atoms with Crippen molar-refractivity contribution < 1.29 is 28.6 Å². The van der Waals surface area contributed by atoms with E-state index in [4.69, 9.17) is 9.47 Å². The summed E-state index contributed by atoms with van der Waals surface area (Å²) in [7, 11) is 3.68. The van der Waals surface area contributed by atoms with Crippen LogP contribution in [0, 0.1) is 0 Å². The molecule has 22 heavy (non-hydrogen) atoms. The topological polar surface area (TPSA) is 96.7 Å². The number of rotatable bonds is 3. The number of esters is 3. The maximum absolute atomic E-state index is 12.0. The number of carbonyl (C=O) groups is 3. The van der Waals surface area contributed by atoms with Crippen molar-refractivity contribution in [3.05, 3.63) is 28.6 Å². The van der Waals surface area contributed by atoms with Gasteiger partial charge in [-0.05, 0) is 13.0 Å². The van der Waals surface area contributed by atoms with Crippen molar-refractivity contribution in [2.24, 2.45) is 0 Å². The molecule has 1 aliphatic rings. The average Bonchev–Trinajstić information content (AvgIpc) is 2.92. The molecule has 0 spiro atoms. The van der Waals surface area contributed by atoms with Crippen molar-refractivity contribution >= 4 is 17.9 Å². The van der Waals surface area contributed by atoms with Gasteiger partial charge in [-0.15, -0.1) is 0 Å². The molecule has 0 bridgehead atoms. The predicted molar refractivity (Wildman–Crippen MR) is 73.4 cm³/mol. The molecule has 2 heterocycles. The molecule has 1 aromatic heterocycles. The van der Waals surface area contributed by atoms with E-state index >= 15 is 0 Å². The third-order valence-electron chi connectivity index (χ3n) is 3.41. The van der Waals surface area contributed by atoms with Crippen LogP contribution >= 0.6 is 0 Å². The zero-order valence-electron chi connectivity index (χ0n) is 12.7. The molecule has 2 rings (SSSR count). The van der Waals surface area contributed by atoms with E-state index in [0.717, 1.165) is 0 Å². The molecule has 1 aliphatic heterocycles. The van der Waals surface area contributed by atoms with Gasteiger partial charge >= 0.3 is 17.9 Å². The lowest BCUT2D eigenvalue weighted by Gasteiger charge is -2.20. The summed E-state index contributed by atoms with van der Waals surface area (Å²) in [5.41, 5.74) is 0.693. The minimum atomic E-state index is -0.742. The molecule has 0 N–H and O–H groups in total. The third kappa shape index (κ3) is 2.47. The summed E-state index contributed by atoms with van der Waals surface area (Å²) in [4.78, 5) is 35.6. The lowest BCUT2D eigenvalue weighted by Crippen LogP contribution is -2.21. The van der Waals surface area contributed by atoms with Crippen LogP contribution in [0.2, 0.25) is 0 Å². The number of aromatic nitrogens is 2. The van der Waals surface area contributed by atoms with Crippen LogP contribution in [0.3, 0.4) is 0 Å². The molecule has 0 aliphatic carbocycles. The largest absolute Gasteiger partial charge is 0.466 e. The van der Waals surface area contributed by atoms with E-state index in [-0.39, 0.29) is 23.7 Å². The van der Waals surface area contributed by atoms with Gasteiger partial charge in [-0.2, -0.15) is 5.10 Å². The van der Waals surface area contributed by atoms with Crippen molar-refractivity contribution in [1.29, 1.82) is 0 Å². The Hall–Kier alpha value is -2.64. The molecule has 0 fully saturated rings. The zero-order chi connectivity index (χ0) is 16.4. The molecule has 0 saturated heterocycles. The van der Waals surface area contributed by atoms with Gasteiger partial charge in [0.1, 0.15) is 5.56 Å². The van der Waals surface area contributed by atoms with E-state index < -0.39 is 17.9 Å². The van der Waals surface area contributed by atoms with Gasteiger partial charge in [0.05, 0.1) is 33.1 Å². The first-order valence-electron chi connectivity index (χ1n) is 6.51. The molecular formula is C14H16N2O6. The fraction of sp³-hybridized carbons (Fsp3) is 0.429. The normalized spacial score (nSPS) is 16.4. The van der Waals surface area contributed by atoms with Crippen molar-refractivity contribution in [2.45, 2.75) is 19.4 Å². The van der Waals surface area contributed by atoms with Gasteiger partial charge in [0.25, 0.3) is 0 Å². The summed E-state index contributed by atoms with van der Waals surface area (Å²) < 4.78 is 15.6. The maximum Gasteiger partial charge on any atom is 0.359 e. The number of carbonyl (C=O) groups excluding carboxylic acids is 3. The number of nitrogens with zero attached hydrogens (tertiary/aromatic N) is 2. The van der Waals surface area contributed by atoms with Crippen LogP contribution in [-0.2, 0) is 25.4 Å². The Bertz CT molecular complexity index is 673. The predicted octanol–water partition coefficient (Wildman–Crippen LogP) is 0.673. The maximum atomic E-state index is 12.0. The van der Waals surface area contributed by atoms with Crippen molar-refractivity contribution in [3.8, 4) is 0 Å². The van der Waals surface area contributed by atoms with Crippen LogP contribution in [0.5, 0.6) is 0 Å². The number of fused-ring (bicyclic) bond motifs is 1. The second-order valence-electron chi connectivity index (χ2n) is 4.70. The minimum Gasteiger partial charge on any atom is -0.466 e. The van der Waals surface area contributed by atoms with E-state index in [1.165, 1.54) is 26.0 Å². The third-order valence-corrected chi connectivity index (χ3v) is 3.41. The quantitative estimate of drug-likeness (QED) is 0.598. The van der Waals surface area contributed by atoms with Crippen LogP contribution in [0.15, 0.2) is 11.6 Å². The first-order valence-corrected chi connectivity index (χ1v) is 6.51. The first kappa shape index (κ1) is 15.7. The Kier molecular flexibility index (Phi) is 4.30. The Labute approximate surface area is 126 Å². The Morgan fingerprint density at radius 3 is 2.23 bits per heavy atom. The molecular weight excluding hydrogens is 292 g/mol. The number of hydrogen-bond acceptors (Lipinski definition) is 7. The fourth-order valence-corrected chi connectivity index (χ4v) is 2.40. The van der Waals surface area contributed by atoms with Gasteiger partial charge in [-0.25, -0.2) is 14.4 Å². The molecule has 1 aromatic rings. The number of ether oxygens (including phenoxy) is 3. The van der Waals surface area contributed by atoms with Crippen molar-refractivity contribution in [1.82, 2.24) is 9.78 Å². The van der Waals surface area contributed by atoms with Crippen molar-refractivity contribution in [3.63, 3.8) is 0 Å². The van der Waals surface area contributed by atoms with Gasteiger partial charge < -0.3 is 14.2 Å². The second-order valence-corrected chi connectivity index (χ2v) is 4.70. The summed E-state index contributed by atoms with van der Waals surface area (Å²) in [6.45, 7) is 1.78. The average molecular weight is 308 g/mol. The molecule has 1 unspecified atom stereocenters. The molecule has 0 saturated carbocycles. The van der Waals surface area contributed by atoms with Gasteiger partial charge in [0.15, 0.2) is 5.69 Å². The SMILES string of the molecule is COC(=O)C1=CC(C)n2nc(C(=O)OC)c(C(=O)OC)c2C1. The van der Waals surface area contributed by atoms with Crippen LogP contribution in [0.4, 0.5) is 0 Å². The van der Waals surface area contributed by atoms with Crippen LogP contribution in [0.25, 0.3) is 0 Å². The highest BCUT2D eigenvalue weighted by atomic mass is 16.5. The highest BCUT2D eigenvalue weighted by Crippen LogP contribution is 2.29. The summed E-state index contributed by atoms with van der Waals surface area (Å²) in [6, 6.07) is -0.320. The summed E-state index contributed by atoms with van der Waals surface area (Å²) in [5, 5.41) is 4.14. The number of methoxy groups -OCH3 is 3. The lowest BCUT2D eigenvalue weighted by atomic mass is 9.99. The standard InChI is InChI=1S/C14H16N2O6/c1-7-5-8(12(17)20-2)6-9-10(13(18)21-3)11(14(19)22-4)15-16(7)9/h5,7H,6H2,1-4H3. The Balaban J connectivity index is 2.58. The monoisotopic (exact) mass is 308 g/mol. The zero-order valence-corrected chi connectivity index (χ0v) is 12.7. The van der Waals surface area contributed by atoms with E-state index in [2.05, 4.69) is 9.84 Å². The van der Waals surface area contributed by atoms with E-state index in [1.54, 1.807) is 13.0 Å². The number of allylic oxidation sites excluding steroid dienone is 1. The van der Waals surface area contributed by atoms with Crippen LogP contribution < -0.4 is 0 Å². The van der Waals surface area contributed by atoms with Gasteiger partial charge in [-0.3, -0.25) is 4.68 Å². The first-order chi connectivity index (χ1) is 10.4. The minimum absolute atomic E-state index is 0.00991. The van der Waals surface area contributed by atoms with Crippen LogP contribution in [-0.4, -0.2) is 49.0 Å². The van der Waals surface area contributed by atoms with Gasteiger partial charge in [0.2, 0.25) is 0 Å². The molecule has 1 atom stereocenters. The summed E-state index contributed by atoms with van der Waals surface area (Å²) in [6.07, 6.45) is 1.79. The molecule has 118 valence electrons. The highest BCUT2D eigenvalue weighted by molar-refractivity contribution is 6.03. The van der Waals surface area contributed by atoms with Gasteiger partial charge in [0, 0.05) is 12.0 Å². The molecule has 0 aromatic carbocycles. The molecule has 8 heteroatoms. The molecule has 0 amide bonds. The summed E-state index contributed by atoms with van der Waals surface area (Å²) >= 11 is 0. The molecule has 8 nitrogen and oxygen atoms in total. The fourth-order valence-electron chi connectivity index (χ4n) is 2.40. The Morgan fingerprint density at radius 1 is 1.09 bits per heavy atom.